The second-order valence-corrected chi connectivity index (χ2v) is 7.39. The third-order valence-electron chi connectivity index (χ3n) is 5.56. The van der Waals surface area contributed by atoms with Crippen molar-refractivity contribution in [2.75, 3.05) is 0 Å². The van der Waals surface area contributed by atoms with Gasteiger partial charge in [-0.3, -0.25) is 4.79 Å². The average molecular weight is 412 g/mol. The van der Waals surface area contributed by atoms with Gasteiger partial charge in [-0.2, -0.15) is 0 Å². The molecule has 5 nitrogen and oxygen atoms in total. The molecule has 0 saturated heterocycles. The predicted molar refractivity (Wildman–Crippen MR) is 115 cm³/mol. The second kappa shape index (κ2) is 8.40. The molecular weight excluding hydrogens is 392 g/mol. The first-order valence-electron chi connectivity index (χ1n) is 9.89. The first-order chi connectivity index (χ1) is 15.0. The first-order valence-corrected chi connectivity index (χ1v) is 9.89. The van der Waals surface area contributed by atoms with Crippen LogP contribution in [0.5, 0.6) is 0 Å². The maximum Gasteiger partial charge on any atom is 0.339 e. The fourth-order valence-corrected chi connectivity index (χ4v) is 4.00. The molecule has 0 bridgehead atoms. The molecule has 1 aliphatic carbocycles. The van der Waals surface area contributed by atoms with Crippen molar-refractivity contribution in [1.82, 2.24) is 0 Å². The van der Waals surface area contributed by atoms with E-state index in [0.29, 0.717) is 0 Å². The number of carboxylic acids is 1. The third-order valence-corrected chi connectivity index (χ3v) is 5.56. The van der Waals surface area contributed by atoms with Gasteiger partial charge in [-0.05, 0) is 29.3 Å². The Morgan fingerprint density at radius 2 is 1.32 bits per heavy atom. The van der Waals surface area contributed by atoms with Crippen molar-refractivity contribution in [3.05, 3.63) is 119 Å². The Bertz CT molecular complexity index is 1110. The van der Waals surface area contributed by atoms with Crippen molar-refractivity contribution >= 4 is 17.7 Å². The van der Waals surface area contributed by atoms with Crippen LogP contribution in [0.4, 0.5) is 0 Å². The van der Waals surface area contributed by atoms with Gasteiger partial charge in [-0.15, -0.1) is 0 Å². The highest BCUT2D eigenvalue weighted by Gasteiger charge is 2.41. The zero-order valence-corrected chi connectivity index (χ0v) is 16.6. The van der Waals surface area contributed by atoms with Crippen LogP contribution in [-0.4, -0.2) is 28.9 Å². The van der Waals surface area contributed by atoms with Crippen molar-refractivity contribution < 1.29 is 24.2 Å². The van der Waals surface area contributed by atoms with Crippen LogP contribution >= 0.6 is 0 Å². The van der Waals surface area contributed by atoms with Gasteiger partial charge in [-0.25, -0.2) is 9.59 Å². The third kappa shape index (κ3) is 3.90. The van der Waals surface area contributed by atoms with Crippen LogP contribution in [0.15, 0.2) is 97.1 Å². The van der Waals surface area contributed by atoms with Crippen LogP contribution in [0.3, 0.4) is 0 Å². The standard InChI is InChI=1S/C26H20O5/c27-22-15-16-26(18-9-3-1-4-10-18,19-11-5-2-6-12-19)17-23(22)31-25(30)21-14-8-7-13-20(21)24(28)29/h1-16,23H,17H2,(H,28,29). The maximum absolute atomic E-state index is 12.8. The van der Waals surface area contributed by atoms with E-state index in [2.05, 4.69) is 0 Å². The minimum Gasteiger partial charge on any atom is -0.478 e. The molecule has 0 amide bonds. The number of aromatic carboxylic acids is 1. The molecule has 0 saturated carbocycles. The summed E-state index contributed by atoms with van der Waals surface area (Å²) in [5, 5.41) is 9.37. The number of rotatable bonds is 5. The van der Waals surface area contributed by atoms with E-state index in [1.807, 2.05) is 66.7 Å². The predicted octanol–water partition coefficient (Wildman–Crippen LogP) is 4.43. The maximum atomic E-state index is 12.8. The molecule has 0 aromatic heterocycles. The molecule has 3 aromatic rings. The lowest BCUT2D eigenvalue weighted by Crippen LogP contribution is -2.40. The Balaban J connectivity index is 1.71. The van der Waals surface area contributed by atoms with Crippen LogP contribution in [0.1, 0.15) is 38.3 Å². The van der Waals surface area contributed by atoms with Gasteiger partial charge < -0.3 is 9.84 Å². The zero-order chi connectivity index (χ0) is 21.8. The number of ether oxygens (including phenoxy) is 1. The Hall–Kier alpha value is -3.99. The number of hydrogen-bond donors (Lipinski definition) is 1. The van der Waals surface area contributed by atoms with E-state index >= 15 is 0 Å². The SMILES string of the molecule is O=C(O)c1ccccc1C(=O)OC1CC(c2ccccc2)(c2ccccc2)C=CC1=O. The van der Waals surface area contributed by atoms with Gasteiger partial charge in [0.15, 0.2) is 11.9 Å². The molecule has 4 rings (SSSR count). The Morgan fingerprint density at radius 3 is 1.87 bits per heavy atom. The number of carboxylic acid groups (broad SMARTS) is 1. The first kappa shape index (κ1) is 20.3. The summed E-state index contributed by atoms with van der Waals surface area (Å²) >= 11 is 0. The van der Waals surface area contributed by atoms with E-state index in [0.717, 1.165) is 11.1 Å². The molecule has 154 valence electrons. The fourth-order valence-electron chi connectivity index (χ4n) is 4.00. The molecule has 5 heteroatoms. The summed E-state index contributed by atoms with van der Waals surface area (Å²) in [6, 6.07) is 25.3. The molecule has 1 atom stereocenters. The molecule has 3 aromatic carbocycles. The topological polar surface area (TPSA) is 80.7 Å². The summed E-state index contributed by atoms with van der Waals surface area (Å²) in [5.74, 6) is -2.39. The molecule has 1 unspecified atom stereocenters. The van der Waals surface area contributed by atoms with Gasteiger partial charge in [0, 0.05) is 11.8 Å². The van der Waals surface area contributed by atoms with Crippen LogP contribution in [0, 0.1) is 0 Å². The number of carbonyl (C=O) groups is 3. The van der Waals surface area contributed by atoms with Crippen LogP contribution in [-0.2, 0) is 14.9 Å². The molecule has 0 radical (unpaired) electrons. The Labute approximate surface area is 179 Å². The lowest BCUT2D eigenvalue weighted by molar-refractivity contribution is -0.124. The van der Waals surface area contributed by atoms with Gasteiger partial charge in [0.05, 0.1) is 11.1 Å². The summed E-state index contributed by atoms with van der Waals surface area (Å²) in [7, 11) is 0. The largest absolute Gasteiger partial charge is 0.478 e. The van der Waals surface area contributed by atoms with Crippen molar-refractivity contribution in [3.63, 3.8) is 0 Å². The van der Waals surface area contributed by atoms with Crippen molar-refractivity contribution in [2.24, 2.45) is 0 Å². The van der Waals surface area contributed by atoms with Crippen LogP contribution in [0.2, 0.25) is 0 Å². The summed E-state index contributed by atoms with van der Waals surface area (Å²) < 4.78 is 5.58. The molecule has 31 heavy (non-hydrogen) atoms. The summed E-state index contributed by atoms with van der Waals surface area (Å²) in [5.41, 5.74) is 1.04. The number of allylic oxidation sites excluding steroid dienone is 1. The number of ketones is 1. The van der Waals surface area contributed by atoms with Gasteiger partial charge in [0.25, 0.3) is 0 Å². The lowest BCUT2D eigenvalue weighted by Gasteiger charge is -2.37. The average Bonchev–Trinajstić information content (AvgIpc) is 2.81. The molecule has 0 fully saturated rings. The van der Waals surface area contributed by atoms with Gasteiger partial charge >= 0.3 is 11.9 Å². The molecule has 0 aliphatic heterocycles. The number of hydrogen-bond acceptors (Lipinski definition) is 4. The quantitative estimate of drug-likeness (QED) is 0.627. The van der Waals surface area contributed by atoms with Crippen molar-refractivity contribution in [1.29, 1.82) is 0 Å². The fraction of sp³-hybridized carbons (Fsp3) is 0.115. The zero-order valence-electron chi connectivity index (χ0n) is 16.6. The smallest absolute Gasteiger partial charge is 0.339 e. The number of carbonyl (C=O) groups excluding carboxylic acids is 2. The Kier molecular flexibility index (Phi) is 5.50. The second-order valence-electron chi connectivity index (χ2n) is 7.39. The van der Waals surface area contributed by atoms with E-state index in [1.165, 1.54) is 24.3 Å². The highest BCUT2D eigenvalue weighted by atomic mass is 16.5. The van der Waals surface area contributed by atoms with E-state index in [-0.39, 0.29) is 23.3 Å². The van der Waals surface area contributed by atoms with E-state index < -0.39 is 23.5 Å². The summed E-state index contributed by atoms with van der Waals surface area (Å²) in [4.78, 5) is 36.9. The van der Waals surface area contributed by atoms with Crippen molar-refractivity contribution in [2.45, 2.75) is 17.9 Å². The van der Waals surface area contributed by atoms with Crippen molar-refractivity contribution in [3.8, 4) is 0 Å². The Morgan fingerprint density at radius 1 is 0.806 bits per heavy atom. The van der Waals surface area contributed by atoms with Crippen LogP contribution < -0.4 is 0 Å². The normalized spacial score (nSPS) is 17.2. The monoisotopic (exact) mass is 412 g/mol. The summed E-state index contributed by atoms with van der Waals surface area (Å²) in [6.45, 7) is 0. The van der Waals surface area contributed by atoms with Gasteiger partial charge in [0.2, 0.25) is 0 Å². The van der Waals surface area contributed by atoms with E-state index in [1.54, 1.807) is 6.07 Å². The summed E-state index contributed by atoms with van der Waals surface area (Å²) in [6.07, 6.45) is 2.48. The highest BCUT2D eigenvalue weighted by Crippen LogP contribution is 2.41. The molecule has 0 spiro atoms. The molecule has 1 N–H and O–H groups in total. The van der Waals surface area contributed by atoms with E-state index in [9.17, 15) is 19.5 Å². The van der Waals surface area contributed by atoms with Gasteiger partial charge in [-0.1, -0.05) is 78.9 Å². The van der Waals surface area contributed by atoms with E-state index in [4.69, 9.17) is 4.74 Å². The highest BCUT2D eigenvalue weighted by molar-refractivity contribution is 6.04. The van der Waals surface area contributed by atoms with Crippen LogP contribution in [0.25, 0.3) is 0 Å². The minimum atomic E-state index is -1.23. The number of benzene rings is 3. The molecule has 1 aliphatic rings. The molecule has 0 heterocycles. The van der Waals surface area contributed by atoms with Gasteiger partial charge in [0.1, 0.15) is 0 Å². The molecular formula is C26H20O5. The lowest BCUT2D eigenvalue weighted by atomic mass is 9.68. The minimum absolute atomic E-state index is 0.0811. The number of esters is 1.